The second-order valence-corrected chi connectivity index (χ2v) is 3.22. The average Bonchev–Trinajstić information content (AvgIpc) is 2.22. The van der Waals surface area contributed by atoms with Gasteiger partial charge in [-0.25, -0.2) is 4.39 Å². The summed E-state index contributed by atoms with van der Waals surface area (Å²) in [6.45, 7) is 2.01. The number of rotatable bonds is 9. The van der Waals surface area contributed by atoms with Crippen molar-refractivity contribution < 1.29 is 22.6 Å². The van der Waals surface area contributed by atoms with Gasteiger partial charge in [0.05, 0.1) is 12.9 Å². The molecule has 0 aliphatic carbocycles. The highest BCUT2D eigenvalue weighted by Crippen LogP contribution is 2.25. The van der Waals surface area contributed by atoms with Crippen LogP contribution in [0.2, 0.25) is 0 Å². The fraction of sp³-hybridized carbons (Fsp3) is 0.778. The molecule has 2 nitrogen and oxygen atoms in total. The van der Waals surface area contributed by atoms with Crippen LogP contribution in [-0.4, -0.2) is 31.4 Å². The largest absolute Gasteiger partial charge is 0.502 e. The minimum absolute atomic E-state index is 0.0459. The lowest BCUT2D eigenvalue weighted by atomic mass is 10.3. The van der Waals surface area contributed by atoms with Gasteiger partial charge in [-0.05, 0) is 12.8 Å². The zero-order valence-electron chi connectivity index (χ0n) is 8.23. The van der Waals surface area contributed by atoms with Crippen molar-refractivity contribution in [3.05, 3.63) is 12.8 Å². The summed E-state index contributed by atoms with van der Waals surface area (Å²) in [7, 11) is 0. The van der Waals surface area contributed by atoms with E-state index in [9.17, 15) is 13.2 Å². The van der Waals surface area contributed by atoms with E-state index < -0.39 is 18.2 Å². The van der Waals surface area contributed by atoms with Crippen LogP contribution in [0.3, 0.4) is 0 Å². The number of hydrogen-bond acceptors (Lipinski definition) is 2. The van der Waals surface area contributed by atoms with Gasteiger partial charge in [0.1, 0.15) is 0 Å². The van der Waals surface area contributed by atoms with E-state index in [1.807, 2.05) is 0 Å². The van der Waals surface area contributed by atoms with Gasteiger partial charge in [-0.1, -0.05) is 18.2 Å². The van der Waals surface area contributed by atoms with E-state index in [2.05, 4.69) is 11.3 Å². The molecule has 0 spiro atoms. The Morgan fingerprint density at radius 1 is 1.33 bits per heavy atom. The third-order valence-corrected chi connectivity index (χ3v) is 1.99. The molecule has 90 valence electrons. The normalized spacial score (nSPS) is 13.6. The second-order valence-electron chi connectivity index (χ2n) is 2.83. The first kappa shape index (κ1) is 14.6. The van der Waals surface area contributed by atoms with Gasteiger partial charge in [0, 0.05) is 6.61 Å². The van der Waals surface area contributed by atoms with Crippen molar-refractivity contribution >= 4 is 11.6 Å². The van der Waals surface area contributed by atoms with E-state index in [0.29, 0.717) is 19.4 Å². The molecule has 6 heteroatoms. The molecular formula is C9H14ClF3O2. The van der Waals surface area contributed by atoms with Crippen LogP contribution in [-0.2, 0) is 9.47 Å². The van der Waals surface area contributed by atoms with E-state index in [1.165, 1.54) is 6.26 Å². The molecular weight excluding hydrogens is 233 g/mol. The molecule has 0 aliphatic heterocycles. The molecule has 0 fully saturated rings. The Morgan fingerprint density at radius 2 is 1.93 bits per heavy atom. The summed E-state index contributed by atoms with van der Waals surface area (Å²) in [4.78, 5) is 0. The molecule has 1 unspecified atom stereocenters. The van der Waals surface area contributed by atoms with Crippen molar-refractivity contribution in [2.24, 2.45) is 0 Å². The highest BCUT2D eigenvalue weighted by atomic mass is 35.5. The maximum atomic E-state index is 12.5. The van der Waals surface area contributed by atoms with Gasteiger partial charge >= 0.3 is 5.92 Å². The topological polar surface area (TPSA) is 18.5 Å². The average molecular weight is 247 g/mol. The van der Waals surface area contributed by atoms with Crippen molar-refractivity contribution in [1.29, 1.82) is 0 Å². The van der Waals surface area contributed by atoms with Gasteiger partial charge < -0.3 is 9.47 Å². The van der Waals surface area contributed by atoms with Gasteiger partial charge in [0.25, 0.3) is 0 Å². The lowest BCUT2D eigenvalue weighted by molar-refractivity contribution is -0.112. The predicted molar refractivity (Wildman–Crippen MR) is 51.9 cm³/mol. The molecule has 0 saturated heterocycles. The lowest BCUT2D eigenvalue weighted by Gasteiger charge is -2.18. The summed E-state index contributed by atoms with van der Waals surface area (Å²) < 4.78 is 46.1. The number of alkyl halides is 4. The zero-order valence-corrected chi connectivity index (χ0v) is 8.98. The minimum Gasteiger partial charge on any atom is -0.502 e. The molecule has 0 aliphatic rings. The van der Waals surface area contributed by atoms with Crippen LogP contribution in [0.15, 0.2) is 12.8 Å². The number of halogens is 4. The second kappa shape index (κ2) is 7.82. The first-order valence-corrected chi connectivity index (χ1v) is 4.90. The van der Waals surface area contributed by atoms with Crippen molar-refractivity contribution in [1.82, 2.24) is 0 Å². The van der Waals surface area contributed by atoms with Gasteiger partial charge in [-0.15, -0.1) is 0 Å². The molecule has 0 radical (unpaired) electrons. The monoisotopic (exact) mass is 246 g/mol. The summed E-state index contributed by atoms with van der Waals surface area (Å²) in [5, 5.41) is 0. The fourth-order valence-electron chi connectivity index (χ4n) is 0.740. The molecule has 0 saturated carbocycles. The van der Waals surface area contributed by atoms with Gasteiger partial charge in [0.2, 0.25) is 0 Å². The van der Waals surface area contributed by atoms with Crippen molar-refractivity contribution in [3.8, 4) is 0 Å². The summed E-state index contributed by atoms with van der Waals surface area (Å²) in [6, 6.07) is 0. The number of unbranched alkanes of at least 4 members (excludes halogenated alkanes) is 1. The molecule has 0 rings (SSSR count). The van der Waals surface area contributed by atoms with E-state index in [0.717, 1.165) is 0 Å². The van der Waals surface area contributed by atoms with Gasteiger partial charge in [-0.3, -0.25) is 0 Å². The van der Waals surface area contributed by atoms with Crippen LogP contribution >= 0.6 is 11.6 Å². The van der Waals surface area contributed by atoms with Crippen LogP contribution in [0, 0.1) is 0 Å². The Balaban J connectivity index is 3.46. The zero-order chi connectivity index (χ0) is 11.7. The molecule has 1 atom stereocenters. The summed E-state index contributed by atoms with van der Waals surface area (Å²) in [5.41, 5.74) is -1.91. The lowest BCUT2D eigenvalue weighted by Crippen LogP contribution is -2.33. The van der Waals surface area contributed by atoms with Crippen LogP contribution in [0.1, 0.15) is 12.8 Å². The molecule has 0 aromatic heterocycles. The molecule has 0 aromatic rings. The quantitative estimate of drug-likeness (QED) is 0.354. The van der Waals surface area contributed by atoms with E-state index in [4.69, 9.17) is 16.3 Å². The van der Waals surface area contributed by atoms with E-state index in [1.54, 1.807) is 0 Å². The predicted octanol–water partition coefficient (Wildman–Crippen LogP) is 3.11. The van der Waals surface area contributed by atoms with Crippen LogP contribution in [0.25, 0.3) is 0 Å². The smallest absolute Gasteiger partial charge is 0.315 e. The highest BCUT2D eigenvalue weighted by Gasteiger charge is 2.39. The van der Waals surface area contributed by atoms with E-state index in [-0.39, 0.29) is 6.61 Å². The van der Waals surface area contributed by atoms with Crippen LogP contribution in [0.4, 0.5) is 13.2 Å². The Labute approximate surface area is 92.0 Å². The van der Waals surface area contributed by atoms with Crippen LogP contribution < -0.4 is 0 Å². The van der Waals surface area contributed by atoms with E-state index >= 15 is 0 Å². The Morgan fingerprint density at radius 3 is 2.47 bits per heavy atom. The fourth-order valence-corrected chi connectivity index (χ4v) is 0.888. The third kappa shape index (κ3) is 6.62. The summed E-state index contributed by atoms with van der Waals surface area (Å²) in [6.07, 6.45) is 2.44. The summed E-state index contributed by atoms with van der Waals surface area (Å²) >= 11 is 5.15. The maximum Gasteiger partial charge on any atom is 0.315 e. The molecule has 15 heavy (non-hydrogen) atoms. The van der Waals surface area contributed by atoms with Crippen molar-refractivity contribution in [2.45, 2.75) is 24.3 Å². The van der Waals surface area contributed by atoms with Crippen molar-refractivity contribution in [3.63, 3.8) is 0 Å². The van der Waals surface area contributed by atoms with Gasteiger partial charge in [-0.2, -0.15) is 8.78 Å². The molecule has 0 amide bonds. The first-order valence-electron chi connectivity index (χ1n) is 4.46. The SMILES string of the molecule is C=COCCCCOC(Cl)C(F)(F)CF. The summed E-state index contributed by atoms with van der Waals surface area (Å²) in [5.74, 6) is -3.63. The van der Waals surface area contributed by atoms with Gasteiger partial charge in [0.15, 0.2) is 12.2 Å². The standard InChI is InChI=1S/C9H14ClF3O2/c1-2-14-5-3-4-6-15-8(10)9(12,13)7-11/h2,8H,1,3-7H2. The Hall–Kier alpha value is -0.420. The Bertz CT molecular complexity index is 179. The third-order valence-electron chi connectivity index (χ3n) is 1.55. The van der Waals surface area contributed by atoms with Crippen molar-refractivity contribution in [2.75, 3.05) is 19.9 Å². The minimum atomic E-state index is -3.63. The highest BCUT2D eigenvalue weighted by molar-refractivity contribution is 6.20. The number of ether oxygens (including phenoxy) is 2. The molecule has 0 heterocycles. The Kier molecular flexibility index (Phi) is 7.60. The number of hydrogen-bond donors (Lipinski definition) is 0. The first-order chi connectivity index (χ1) is 7.04. The molecule has 0 N–H and O–H groups in total. The maximum absolute atomic E-state index is 12.5. The van der Waals surface area contributed by atoms with Crippen LogP contribution in [0.5, 0.6) is 0 Å². The molecule has 0 aromatic carbocycles. The molecule has 0 bridgehead atoms.